The number of nitrogens with one attached hydrogen (secondary N) is 1. The lowest BCUT2D eigenvalue weighted by Gasteiger charge is -2.22. The van der Waals surface area contributed by atoms with Crippen molar-refractivity contribution in [3.05, 3.63) is 64.7 Å². The Morgan fingerprint density at radius 1 is 1.23 bits per heavy atom. The summed E-state index contributed by atoms with van der Waals surface area (Å²) in [5.41, 5.74) is 2.19. The quantitative estimate of drug-likeness (QED) is 0.760. The van der Waals surface area contributed by atoms with E-state index in [0.29, 0.717) is 19.0 Å². The lowest BCUT2D eigenvalue weighted by atomic mass is 10.0. The third kappa shape index (κ3) is 4.77. The van der Waals surface area contributed by atoms with Gasteiger partial charge in [-0.2, -0.15) is 0 Å². The molecule has 0 spiro atoms. The molecule has 0 bridgehead atoms. The van der Waals surface area contributed by atoms with Gasteiger partial charge >= 0.3 is 0 Å². The van der Waals surface area contributed by atoms with Gasteiger partial charge in [-0.3, -0.25) is 4.79 Å². The average molecular weight is 373 g/mol. The molecule has 4 nitrogen and oxygen atoms in total. The summed E-state index contributed by atoms with van der Waals surface area (Å²) in [5, 5.41) is 4.18. The Balaban J connectivity index is 1.58. The molecule has 0 saturated heterocycles. The maximum absolute atomic E-state index is 12.6. The number of halogens is 1. The van der Waals surface area contributed by atoms with Crippen LogP contribution in [-0.4, -0.2) is 31.5 Å². The van der Waals surface area contributed by atoms with Crippen molar-refractivity contribution in [2.24, 2.45) is 5.92 Å². The van der Waals surface area contributed by atoms with Crippen molar-refractivity contribution in [2.75, 3.05) is 20.7 Å². The van der Waals surface area contributed by atoms with E-state index in [1.54, 1.807) is 12.0 Å². The van der Waals surface area contributed by atoms with Gasteiger partial charge in [0.1, 0.15) is 5.75 Å². The number of carbonyl (C=O) groups is 1. The Labute approximate surface area is 160 Å². The number of carbonyl (C=O) groups excluding carboxylic acids is 1. The number of para-hydroxylation sites is 1. The van der Waals surface area contributed by atoms with Gasteiger partial charge in [-0.1, -0.05) is 41.9 Å². The molecule has 1 aliphatic rings. The summed E-state index contributed by atoms with van der Waals surface area (Å²) in [7, 11) is 3.47. The standard InChI is InChI=1S/C21H25ClN2O2/c1-24(14-17-5-3-4-6-19(17)26-2)20(25)13-23-21(15-7-8-15)16-9-11-18(22)12-10-16/h3-6,9-12,15,21,23H,7-8,13-14H2,1-2H3. The Morgan fingerprint density at radius 3 is 2.58 bits per heavy atom. The summed E-state index contributed by atoms with van der Waals surface area (Å²) in [6, 6.07) is 15.9. The van der Waals surface area contributed by atoms with E-state index >= 15 is 0 Å². The van der Waals surface area contributed by atoms with E-state index in [4.69, 9.17) is 16.3 Å². The highest BCUT2D eigenvalue weighted by Crippen LogP contribution is 2.41. The van der Waals surface area contributed by atoms with Gasteiger partial charge < -0.3 is 15.0 Å². The predicted molar refractivity (Wildman–Crippen MR) is 104 cm³/mol. The fourth-order valence-corrected chi connectivity index (χ4v) is 3.29. The van der Waals surface area contributed by atoms with Crippen molar-refractivity contribution in [2.45, 2.75) is 25.4 Å². The molecule has 1 atom stereocenters. The summed E-state index contributed by atoms with van der Waals surface area (Å²) in [5.74, 6) is 1.47. The molecule has 0 aliphatic heterocycles. The largest absolute Gasteiger partial charge is 0.496 e. The number of rotatable bonds is 8. The van der Waals surface area contributed by atoms with Crippen LogP contribution in [-0.2, 0) is 11.3 Å². The molecule has 0 heterocycles. The maximum Gasteiger partial charge on any atom is 0.236 e. The average Bonchev–Trinajstić information content (AvgIpc) is 3.48. The number of nitrogens with zero attached hydrogens (tertiary/aromatic N) is 1. The number of amides is 1. The molecule has 1 saturated carbocycles. The molecule has 1 unspecified atom stereocenters. The fraction of sp³-hybridized carbons (Fsp3) is 0.381. The van der Waals surface area contributed by atoms with Crippen LogP contribution in [0.5, 0.6) is 5.75 Å². The van der Waals surface area contributed by atoms with E-state index in [1.165, 1.54) is 18.4 Å². The van der Waals surface area contributed by atoms with Gasteiger partial charge in [0, 0.05) is 30.2 Å². The van der Waals surface area contributed by atoms with Crippen molar-refractivity contribution in [1.29, 1.82) is 0 Å². The number of hydrogen-bond acceptors (Lipinski definition) is 3. The van der Waals surface area contributed by atoms with E-state index in [-0.39, 0.29) is 11.9 Å². The first-order chi connectivity index (χ1) is 12.6. The molecule has 1 aliphatic carbocycles. The van der Waals surface area contributed by atoms with Crippen LogP contribution < -0.4 is 10.1 Å². The molecule has 2 aromatic carbocycles. The first-order valence-electron chi connectivity index (χ1n) is 8.93. The van der Waals surface area contributed by atoms with Crippen LogP contribution >= 0.6 is 11.6 Å². The first kappa shape index (κ1) is 18.7. The zero-order valence-corrected chi connectivity index (χ0v) is 16.0. The topological polar surface area (TPSA) is 41.6 Å². The number of likely N-dealkylation sites (N-methyl/N-ethyl adjacent to an activating group) is 1. The highest BCUT2D eigenvalue weighted by atomic mass is 35.5. The van der Waals surface area contributed by atoms with Gasteiger partial charge in [0.25, 0.3) is 0 Å². The van der Waals surface area contributed by atoms with Gasteiger partial charge in [0.05, 0.1) is 13.7 Å². The maximum atomic E-state index is 12.6. The summed E-state index contributed by atoms with van der Waals surface area (Å²) < 4.78 is 5.37. The first-order valence-corrected chi connectivity index (χ1v) is 9.31. The Kier molecular flexibility index (Phi) is 6.17. The molecule has 1 amide bonds. The monoisotopic (exact) mass is 372 g/mol. The van der Waals surface area contributed by atoms with Crippen molar-refractivity contribution in [3.63, 3.8) is 0 Å². The minimum absolute atomic E-state index is 0.0653. The van der Waals surface area contributed by atoms with Crippen LogP contribution in [0.4, 0.5) is 0 Å². The van der Waals surface area contributed by atoms with Gasteiger partial charge in [0.2, 0.25) is 5.91 Å². The van der Waals surface area contributed by atoms with Crippen molar-refractivity contribution in [3.8, 4) is 5.75 Å². The number of benzene rings is 2. The molecule has 2 aromatic rings. The summed E-state index contributed by atoms with van der Waals surface area (Å²) in [6.45, 7) is 0.842. The van der Waals surface area contributed by atoms with Crippen molar-refractivity contribution < 1.29 is 9.53 Å². The highest BCUT2D eigenvalue weighted by molar-refractivity contribution is 6.30. The van der Waals surface area contributed by atoms with Crippen LogP contribution in [0.3, 0.4) is 0 Å². The Morgan fingerprint density at radius 2 is 1.92 bits per heavy atom. The van der Waals surface area contributed by atoms with E-state index in [1.807, 2.05) is 55.6 Å². The molecule has 0 radical (unpaired) electrons. The molecule has 5 heteroatoms. The van der Waals surface area contributed by atoms with Crippen LogP contribution in [0.25, 0.3) is 0 Å². The highest BCUT2D eigenvalue weighted by Gasteiger charge is 2.32. The molecular formula is C21H25ClN2O2. The molecule has 0 aromatic heterocycles. The third-order valence-corrected chi connectivity index (χ3v) is 5.07. The molecule has 1 N–H and O–H groups in total. The minimum atomic E-state index is 0.0653. The summed E-state index contributed by atoms with van der Waals surface area (Å²) in [4.78, 5) is 14.3. The SMILES string of the molecule is COc1ccccc1CN(C)C(=O)CNC(c1ccc(Cl)cc1)C1CC1. The van der Waals surface area contributed by atoms with Crippen LogP contribution in [0.15, 0.2) is 48.5 Å². The summed E-state index contributed by atoms with van der Waals surface area (Å²) in [6.07, 6.45) is 2.40. The minimum Gasteiger partial charge on any atom is -0.496 e. The molecular weight excluding hydrogens is 348 g/mol. The molecule has 26 heavy (non-hydrogen) atoms. The van der Waals surface area contributed by atoms with E-state index < -0.39 is 0 Å². The van der Waals surface area contributed by atoms with Gasteiger partial charge in [-0.15, -0.1) is 0 Å². The second-order valence-corrected chi connectivity index (χ2v) is 7.25. The van der Waals surface area contributed by atoms with E-state index in [2.05, 4.69) is 5.32 Å². The second kappa shape index (κ2) is 8.56. The van der Waals surface area contributed by atoms with Crippen molar-refractivity contribution >= 4 is 17.5 Å². The summed E-state index contributed by atoms with van der Waals surface area (Å²) >= 11 is 5.99. The third-order valence-electron chi connectivity index (χ3n) is 4.82. The molecule has 3 rings (SSSR count). The molecule has 138 valence electrons. The number of hydrogen-bond donors (Lipinski definition) is 1. The number of ether oxygens (including phenoxy) is 1. The van der Waals surface area contributed by atoms with Gasteiger partial charge in [0.15, 0.2) is 0 Å². The lowest BCUT2D eigenvalue weighted by Crippen LogP contribution is -2.37. The fourth-order valence-electron chi connectivity index (χ4n) is 3.17. The second-order valence-electron chi connectivity index (χ2n) is 6.81. The van der Waals surface area contributed by atoms with E-state index in [9.17, 15) is 4.79 Å². The smallest absolute Gasteiger partial charge is 0.236 e. The predicted octanol–water partition coefficient (Wildman–Crippen LogP) is 4.05. The van der Waals surface area contributed by atoms with E-state index in [0.717, 1.165) is 16.3 Å². The van der Waals surface area contributed by atoms with Crippen molar-refractivity contribution in [1.82, 2.24) is 10.2 Å². The Bertz CT molecular complexity index is 744. The molecule has 1 fully saturated rings. The normalized spacial score (nSPS) is 14.7. The zero-order valence-electron chi connectivity index (χ0n) is 15.2. The van der Waals surface area contributed by atoms with Crippen LogP contribution in [0.1, 0.15) is 30.0 Å². The van der Waals surface area contributed by atoms with Crippen LogP contribution in [0.2, 0.25) is 5.02 Å². The zero-order chi connectivity index (χ0) is 18.5. The van der Waals surface area contributed by atoms with Gasteiger partial charge in [-0.25, -0.2) is 0 Å². The Hall–Kier alpha value is -2.04. The van der Waals surface area contributed by atoms with Gasteiger partial charge in [-0.05, 0) is 42.5 Å². The lowest BCUT2D eigenvalue weighted by molar-refractivity contribution is -0.129. The number of methoxy groups -OCH3 is 1. The van der Waals surface area contributed by atoms with Crippen LogP contribution in [0, 0.1) is 5.92 Å².